The molecule has 4 aromatic carbocycles. The van der Waals surface area contributed by atoms with Crippen LogP contribution < -0.4 is 20.9 Å². The number of sulfone groups is 2. The minimum Gasteiger partial charge on any atom is -0.348 e. The van der Waals surface area contributed by atoms with Gasteiger partial charge in [-0.05, 0) is 122 Å². The summed E-state index contributed by atoms with van der Waals surface area (Å²) in [6.07, 6.45) is -4.38. The molecule has 2 saturated heterocycles. The first-order valence-corrected chi connectivity index (χ1v) is 28.1. The smallest absolute Gasteiger partial charge is 0.348 e. The molecule has 5 heterocycles. The van der Waals surface area contributed by atoms with Gasteiger partial charge in [-0.15, -0.1) is 0 Å². The molecule has 0 atom stereocenters. The van der Waals surface area contributed by atoms with Gasteiger partial charge in [0, 0.05) is 50.4 Å². The topological polar surface area (TPSA) is 203 Å². The number of imidazole rings is 2. The zero-order valence-electron chi connectivity index (χ0n) is 41.8. The number of benzene rings is 4. The van der Waals surface area contributed by atoms with Gasteiger partial charge in [-0.1, -0.05) is 38.1 Å². The lowest BCUT2D eigenvalue weighted by molar-refractivity contribution is -0.148. The third kappa shape index (κ3) is 13.6. The van der Waals surface area contributed by atoms with Gasteiger partial charge in [0.25, 0.3) is 11.8 Å². The Kier molecular flexibility index (Phi) is 17.0. The second kappa shape index (κ2) is 23.3. The molecule has 0 bridgehead atoms. The molecule has 0 spiro atoms. The van der Waals surface area contributed by atoms with Crippen LogP contribution >= 0.6 is 0 Å². The van der Waals surface area contributed by atoms with Crippen molar-refractivity contribution >= 4 is 59.5 Å². The third-order valence-corrected chi connectivity index (χ3v) is 17.1. The molecule has 410 valence electrons. The molecular formula is C52H55F7N10O6S2. The van der Waals surface area contributed by atoms with Crippen molar-refractivity contribution in [3.8, 4) is 0 Å². The molecule has 2 aliphatic rings. The summed E-state index contributed by atoms with van der Waals surface area (Å²) in [5.41, 5.74) is 2.51. The van der Waals surface area contributed by atoms with Gasteiger partial charge in [-0.3, -0.25) is 9.59 Å². The van der Waals surface area contributed by atoms with E-state index in [1.54, 1.807) is 38.1 Å². The summed E-state index contributed by atoms with van der Waals surface area (Å²) < 4.78 is 146. The van der Waals surface area contributed by atoms with Gasteiger partial charge in [0.05, 0.1) is 55.8 Å². The maximum absolute atomic E-state index is 14.0. The molecule has 16 nitrogen and oxygen atoms in total. The minimum atomic E-state index is -4.69. The summed E-state index contributed by atoms with van der Waals surface area (Å²) in [5, 5.41) is 8.64. The van der Waals surface area contributed by atoms with Crippen molar-refractivity contribution in [3.63, 3.8) is 0 Å². The highest BCUT2D eigenvalue weighted by molar-refractivity contribution is 7.91. The molecule has 0 aliphatic carbocycles. The van der Waals surface area contributed by atoms with Crippen molar-refractivity contribution in [2.24, 2.45) is 11.8 Å². The van der Waals surface area contributed by atoms with Crippen LogP contribution in [-0.2, 0) is 58.2 Å². The maximum atomic E-state index is 14.0. The van der Waals surface area contributed by atoms with E-state index in [1.807, 2.05) is 4.90 Å². The van der Waals surface area contributed by atoms with Crippen LogP contribution in [0.25, 0.3) is 22.1 Å². The molecule has 0 radical (unpaired) electrons. The Morgan fingerprint density at radius 2 is 1.01 bits per heavy atom. The highest BCUT2D eigenvalue weighted by Crippen LogP contribution is 2.35. The number of carbonyl (C=O) groups is 2. The minimum absolute atomic E-state index is 0.00472. The molecule has 2 amide bonds. The Bertz CT molecular complexity index is 3450. The number of carbonyl (C=O) groups excluding carboxylic acids is 2. The van der Waals surface area contributed by atoms with Crippen molar-refractivity contribution in [3.05, 3.63) is 137 Å². The number of amides is 2. The molecule has 25 heteroatoms. The SMILES string of the molecule is CCS(=O)(=O)c1ccc(CNC(=O)c2ccc3c(c2)nc(C(F)(F)F)n3CC2CCN(c3ncc(F)cn3)CC2)cc1.CCS(=O)(=O)c1ccc(CNC(=O)c2ccc3c(c2)nc(C(F)(F)F)n3CC2CCNCC2)cc1. The molecule has 7 aromatic rings. The summed E-state index contributed by atoms with van der Waals surface area (Å²) in [5.74, 6) is -3.08. The molecule has 2 aliphatic heterocycles. The number of hydrogen-bond donors (Lipinski definition) is 3. The van der Waals surface area contributed by atoms with Gasteiger partial charge in [-0.25, -0.2) is 41.2 Å². The molecule has 3 aromatic heterocycles. The average molecular weight is 1110 g/mol. The van der Waals surface area contributed by atoms with Gasteiger partial charge in [0.2, 0.25) is 17.6 Å². The van der Waals surface area contributed by atoms with Crippen LogP contribution in [0, 0.1) is 17.7 Å². The normalized spacial score (nSPS) is 15.1. The predicted octanol–water partition coefficient (Wildman–Crippen LogP) is 8.40. The van der Waals surface area contributed by atoms with Gasteiger partial charge in [0.15, 0.2) is 25.5 Å². The zero-order valence-corrected chi connectivity index (χ0v) is 43.5. The number of hydrogen-bond acceptors (Lipinski definition) is 12. The van der Waals surface area contributed by atoms with Crippen LogP contribution in [0.5, 0.6) is 0 Å². The highest BCUT2D eigenvalue weighted by atomic mass is 32.2. The number of nitrogens with one attached hydrogen (secondary N) is 3. The van der Waals surface area contributed by atoms with E-state index in [1.165, 1.54) is 65.2 Å². The summed E-state index contributed by atoms with van der Waals surface area (Å²) in [6, 6.07) is 21.0. The lowest BCUT2D eigenvalue weighted by Crippen LogP contribution is -2.36. The number of rotatable bonds is 15. The van der Waals surface area contributed by atoms with Crippen molar-refractivity contribution in [1.29, 1.82) is 0 Å². The fourth-order valence-electron chi connectivity index (χ4n) is 9.24. The Balaban J connectivity index is 0.000000207. The number of alkyl halides is 6. The van der Waals surface area contributed by atoms with E-state index < -0.39 is 61.3 Å². The number of fused-ring (bicyclic) bond motifs is 2. The first-order valence-electron chi connectivity index (χ1n) is 24.8. The summed E-state index contributed by atoms with van der Waals surface area (Å²) >= 11 is 0. The molecule has 77 heavy (non-hydrogen) atoms. The lowest BCUT2D eigenvalue weighted by Gasteiger charge is -2.32. The van der Waals surface area contributed by atoms with Gasteiger partial charge >= 0.3 is 12.4 Å². The Morgan fingerprint density at radius 1 is 0.610 bits per heavy atom. The summed E-state index contributed by atoms with van der Waals surface area (Å²) in [7, 11) is -6.65. The van der Waals surface area contributed by atoms with Crippen LogP contribution in [0.3, 0.4) is 0 Å². The monoisotopic (exact) mass is 1110 g/mol. The third-order valence-electron chi connectivity index (χ3n) is 13.6. The van der Waals surface area contributed by atoms with E-state index >= 15 is 0 Å². The van der Waals surface area contributed by atoms with Gasteiger partial charge in [0.1, 0.15) is 0 Å². The van der Waals surface area contributed by atoms with Crippen molar-refractivity contribution in [1.82, 2.24) is 45.0 Å². The summed E-state index contributed by atoms with van der Waals surface area (Å²) in [4.78, 5) is 43.4. The Hall–Kier alpha value is -6.99. The number of anilines is 1. The first-order chi connectivity index (χ1) is 36.5. The van der Waals surface area contributed by atoms with Crippen LogP contribution in [0.2, 0.25) is 0 Å². The largest absolute Gasteiger partial charge is 0.449 e. The van der Waals surface area contributed by atoms with Crippen LogP contribution in [0.15, 0.2) is 107 Å². The molecular weight excluding hydrogens is 1060 g/mol. The quantitative estimate of drug-likeness (QED) is 0.0829. The zero-order chi connectivity index (χ0) is 55.3. The molecule has 9 rings (SSSR count). The fourth-order valence-corrected chi connectivity index (χ4v) is 11.0. The Morgan fingerprint density at radius 3 is 1.40 bits per heavy atom. The van der Waals surface area contributed by atoms with Crippen molar-refractivity contribution in [2.45, 2.75) is 87.9 Å². The van der Waals surface area contributed by atoms with E-state index in [0.29, 0.717) is 48.5 Å². The fraction of sp³-hybridized carbons (Fsp3) is 0.385. The van der Waals surface area contributed by atoms with E-state index in [0.717, 1.165) is 42.9 Å². The highest BCUT2D eigenvalue weighted by Gasteiger charge is 2.40. The van der Waals surface area contributed by atoms with E-state index in [-0.39, 0.29) is 87.0 Å². The van der Waals surface area contributed by atoms with E-state index in [9.17, 15) is 57.2 Å². The van der Waals surface area contributed by atoms with Gasteiger partial charge in [-0.2, -0.15) is 26.3 Å². The molecule has 3 N–H and O–H groups in total. The van der Waals surface area contributed by atoms with E-state index in [4.69, 9.17) is 0 Å². The summed E-state index contributed by atoms with van der Waals surface area (Å²) in [6.45, 7) is 6.28. The second-order valence-electron chi connectivity index (χ2n) is 18.8. The average Bonchev–Trinajstić information content (AvgIpc) is 4.07. The predicted molar refractivity (Wildman–Crippen MR) is 273 cm³/mol. The Labute approximate surface area is 439 Å². The van der Waals surface area contributed by atoms with Crippen LogP contribution in [0.4, 0.5) is 36.7 Å². The van der Waals surface area contributed by atoms with Crippen LogP contribution in [-0.4, -0.2) is 95.4 Å². The first kappa shape index (κ1) is 56.2. The maximum Gasteiger partial charge on any atom is 0.449 e. The number of aromatic nitrogens is 6. The number of halogens is 7. The van der Waals surface area contributed by atoms with Gasteiger partial charge < -0.3 is 30.0 Å². The van der Waals surface area contributed by atoms with E-state index in [2.05, 4.69) is 35.9 Å². The molecule has 0 saturated carbocycles. The van der Waals surface area contributed by atoms with Crippen molar-refractivity contribution in [2.75, 3.05) is 42.6 Å². The number of nitrogens with zero attached hydrogens (tertiary/aromatic N) is 7. The van der Waals surface area contributed by atoms with Crippen molar-refractivity contribution < 1.29 is 57.2 Å². The second-order valence-corrected chi connectivity index (χ2v) is 23.3. The molecule has 0 unspecified atom stereocenters. The van der Waals surface area contributed by atoms with Crippen LogP contribution in [0.1, 0.15) is 83.0 Å². The number of piperidine rings is 2. The molecule has 2 fully saturated rings. The lowest BCUT2D eigenvalue weighted by atomic mass is 9.96. The standard InChI is InChI=1S/C28H28F4N6O3S.C24H27F3N4O3S/c1-2-42(40,41)22-6-3-18(4-7-22)14-33-25(39)20-5-8-24-23(13-20)36-26(28(30,31)32)38(24)17-19-9-11-37(12-10-19)27-34-15-21(29)16-35-27;1-2-35(33,34)19-6-3-16(4-7-19)14-29-22(32)18-5-8-21-20(13-18)30-23(24(25,26)27)31(21)15-17-9-11-28-12-10-17/h3-8,13,15-16,19H,2,9-12,14,17H2,1H3,(H,33,39);3-8,13,17,28H,2,9-12,14-15H2,1H3,(H,29,32).